The summed E-state index contributed by atoms with van der Waals surface area (Å²) in [6, 6.07) is 17.3. The Balaban J connectivity index is 2.30. The van der Waals surface area contributed by atoms with E-state index in [2.05, 4.69) is 6.92 Å². The van der Waals surface area contributed by atoms with E-state index in [0.717, 1.165) is 28.2 Å². The zero-order chi connectivity index (χ0) is 12.8. The first kappa shape index (κ1) is 12.9. The van der Waals surface area contributed by atoms with Crippen molar-refractivity contribution in [2.24, 2.45) is 0 Å². The van der Waals surface area contributed by atoms with Crippen molar-refractivity contribution in [2.75, 3.05) is 5.75 Å². The van der Waals surface area contributed by atoms with E-state index in [1.54, 1.807) is 0 Å². The lowest BCUT2D eigenvalue weighted by Crippen LogP contribution is -2.04. The standard InChI is InChI=1S/C16H16OS/c1-2-18-12-14-10-6-7-11-15(14)16(17)13-8-4-3-5-9-13/h3-11H,2,12H2,1H3. The third-order valence-electron chi connectivity index (χ3n) is 2.76. The second-order valence-corrected chi connectivity index (χ2v) is 5.26. The fourth-order valence-corrected chi connectivity index (χ4v) is 2.50. The van der Waals surface area contributed by atoms with Crippen LogP contribution in [0.3, 0.4) is 0 Å². The molecule has 0 unspecified atom stereocenters. The molecule has 0 N–H and O–H groups in total. The molecular weight excluding hydrogens is 240 g/mol. The smallest absolute Gasteiger partial charge is 0.193 e. The Morgan fingerprint density at radius 2 is 1.67 bits per heavy atom. The van der Waals surface area contributed by atoms with Crippen molar-refractivity contribution in [2.45, 2.75) is 12.7 Å². The van der Waals surface area contributed by atoms with Crippen molar-refractivity contribution in [3.05, 3.63) is 71.3 Å². The molecule has 0 aromatic heterocycles. The Labute approximate surface area is 112 Å². The van der Waals surface area contributed by atoms with E-state index in [-0.39, 0.29) is 5.78 Å². The summed E-state index contributed by atoms with van der Waals surface area (Å²) in [5, 5.41) is 0. The lowest BCUT2D eigenvalue weighted by molar-refractivity contribution is 0.103. The summed E-state index contributed by atoms with van der Waals surface area (Å²) in [4.78, 5) is 12.4. The first-order chi connectivity index (χ1) is 8.83. The molecule has 0 fully saturated rings. The van der Waals surface area contributed by atoms with Gasteiger partial charge in [0, 0.05) is 16.9 Å². The van der Waals surface area contributed by atoms with E-state index in [1.807, 2.05) is 66.4 Å². The van der Waals surface area contributed by atoms with Crippen molar-refractivity contribution in [1.82, 2.24) is 0 Å². The van der Waals surface area contributed by atoms with Crippen LogP contribution in [0.25, 0.3) is 0 Å². The Kier molecular flexibility index (Phi) is 4.59. The average molecular weight is 256 g/mol. The van der Waals surface area contributed by atoms with E-state index in [1.165, 1.54) is 0 Å². The highest BCUT2D eigenvalue weighted by Crippen LogP contribution is 2.19. The van der Waals surface area contributed by atoms with Crippen molar-refractivity contribution in [3.8, 4) is 0 Å². The van der Waals surface area contributed by atoms with Crippen LogP contribution in [0.15, 0.2) is 54.6 Å². The zero-order valence-electron chi connectivity index (χ0n) is 10.4. The summed E-state index contributed by atoms with van der Waals surface area (Å²) in [6.45, 7) is 2.13. The van der Waals surface area contributed by atoms with Crippen LogP contribution in [0.2, 0.25) is 0 Å². The minimum atomic E-state index is 0.114. The van der Waals surface area contributed by atoms with Crippen LogP contribution in [-0.4, -0.2) is 11.5 Å². The SMILES string of the molecule is CCSCc1ccccc1C(=O)c1ccccc1. The van der Waals surface area contributed by atoms with Gasteiger partial charge < -0.3 is 0 Å². The first-order valence-electron chi connectivity index (χ1n) is 6.08. The molecule has 0 radical (unpaired) electrons. The van der Waals surface area contributed by atoms with Crippen molar-refractivity contribution in [3.63, 3.8) is 0 Å². The van der Waals surface area contributed by atoms with Crippen LogP contribution in [0, 0.1) is 0 Å². The molecule has 0 atom stereocenters. The molecule has 0 bridgehead atoms. The van der Waals surface area contributed by atoms with E-state index in [0.29, 0.717) is 0 Å². The van der Waals surface area contributed by atoms with Crippen LogP contribution in [-0.2, 0) is 5.75 Å². The average Bonchev–Trinajstić information content (AvgIpc) is 2.45. The number of hydrogen-bond donors (Lipinski definition) is 0. The van der Waals surface area contributed by atoms with Gasteiger partial charge in [-0.15, -0.1) is 0 Å². The largest absolute Gasteiger partial charge is 0.289 e. The van der Waals surface area contributed by atoms with Crippen LogP contribution >= 0.6 is 11.8 Å². The number of benzene rings is 2. The number of thioether (sulfide) groups is 1. The fraction of sp³-hybridized carbons (Fsp3) is 0.188. The van der Waals surface area contributed by atoms with Gasteiger partial charge in [0.1, 0.15) is 0 Å². The highest BCUT2D eigenvalue weighted by Gasteiger charge is 2.12. The Hall–Kier alpha value is -1.54. The molecule has 0 saturated heterocycles. The molecule has 0 aliphatic heterocycles. The second-order valence-electron chi connectivity index (χ2n) is 3.99. The lowest BCUT2D eigenvalue weighted by atomic mass is 9.99. The predicted octanol–water partition coefficient (Wildman–Crippen LogP) is 4.17. The lowest BCUT2D eigenvalue weighted by Gasteiger charge is -2.08. The molecule has 0 aliphatic carbocycles. The number of hydrogen-bond acceptors (Lipinski definition) is 2. The van der Waals surface area contributed by atoms with Gasteiger partial charge in [0.25, 0.3) is 0 Å². The molecule has 0 spiro atoms. The molecule has 92 valence electrons. The summed E-state index contributed by atoms with van der Waals surface area (Å²) in [7, 11) is 0. The molecule has 2 aromatic rings. The van der Waals surface area contributed by atoms with Gasteiger partial charge in [0.2, 0.25) is 0 Å². The summed E-state index contributed by atoms with van der Waals surface area (Å²) < 4.78 is 0. The van der Waals surface area contributed by atoms with Gasteiger partial charge in [-0.25, -0.2) is 0 Å². The highest BCUT2D eigenvalue weighted by atomic mass is 32.2. The van der Waals surface area contributed by atoms with Gasteiger partial charge >= 0.3 is 0 Å². The molecule has 0 saturated carbocycles. The zero-order valence-corrected chi connectivity index (χ0v) is 11.2. The molecule has 2 heteroatoms. The maximum atomic E-state index is 12.4. The van der Waals surface area contributed by atoms with Gasteiger partial charge in [0.15, 0.2) is 5.78 Å². The topological polar surface area (TPSA) is 17.1 Å². The molecule has 0 amide bonds. The van der Waals surface area contributed by atoms with Gasteiger partial charge in [-0.2, -0.15) is 11.8 Å². The molecule has 1 nitrogen and oxygen atoms in total. The Morgan fingerprint density at radius 3 is 2.39 bits per heavy atom. The summed E-state index contributed by atoms with van der Waals surface area (Å²) >= 11 is 1.84. The van der Waals surface area contributed by atoms with E-state index in [9.17, 15) is 4.79 Å². The van der Waals surface area contributed by atoms with E-state index < -0.39 is 0 Å². The van der Waals surface area contributed by atoms with Crippen LogP contribution in [0.4, 0.5) is 0 Å². The van der Waals surface area contributed by atoms with Gasteiger partial charge in [-0.1, -0.05) is 61.5 Å². The third kappa shape index (κ3) is 3.02. The van der Waals surface area contributed by atoms with Crippen molar-refractivity contribution in [1.29, 1.82) is 0 Å². The van der Waals surface area contributed by atoms with Crippen molar-refractivity contribution < 1.29 is 4.79 Å². The molecule has 0 heterocycles. The number of carbonyl (C=O) groups excluding carboxylic acids is 1. The molecule has 18 heavy (non-hydrogen) atoms. The maximum absolute atomic E-state index is 12.4. The number of ketones is 1. The Morgan fingerprint density at radius 1 is 1.00 bits per heavy atom. The fourth-order valence-electron chi connectivity index (χ4n) is 1.82. The second kappa shape index (κ2) is 6.41. The van der Waals surface area contributed by atoms with Crippen molar-refractivity contribution >= 4 is 17.5 Å². The summed E-state index contributed by atoms with van der Waals surface area (Å²) in [5.74, 6) is 2.07. The van der Waals surface area contributed by atoms with Gasteiger partial charge in [-0.05, 0) is 11.3 Å². The number of rotatable bonds is 5. The first-order valence-corrected chi connectivity index (χ1v) is 7.23. The molecule has 0 aliphatic rings. The molecule has 2 aromatic carbocycles. The minimum absolute atomic E-state index is 0.114. The van der Waals surface area contributed by atoms with Gasteiger partial charge in [-0.3, -0.25) is 4.79 Å². The van der Waals surface area contributed by atoms with E-state index >= 15 is 0 Å². The third-order valence-corrected chi connectivity index (χ3v) is 3.68. The van der Waals surface area contributed by atoms with E-state index in [4.69, 9.17) is 0 Å². The molecule has 2 rings (SSSR count). The summed E-state index contributed by atoms with van der Waals surface area (Å²) in [6.07, 6.45) is 0. The highest BCUT2D eigenvalue weighted by molar-refractivity contribution is 7.98. The van der Waals surface area contributed by atoms with Crippen LogP contribution < -0.4 is 0 Å². The Bertz CT molecular complexity index is 520. The van der Waals surface area contributed by atoms with Gasteiger partial charge in [0.05, 0.1) is 0 Å². The quantitative estimate of drug-likeness (QED) is 0.747. The predicted molar refractivity (Wildman–Crippen MR) is 78.2 cm³/mol. The normalized spacial score (nSPS) is 10.3. The monoisotopic (exact) mass is 256 g/mol. The maximum Gasteiger partial charge on any atom is 0.193 e. The minimum Gasteiger partial charge on any atom is -0.289 e. The van der Waals surface area contributed by atoms with Crippen LogP contribution in [0.1, 0.15) is 28.4 Å². The van der Waals surface area contributed by atoms with Crippen LogP contribution in [0.5, 0.6) is 0 Å². The number of carbonyl (C=O) groups is 1. The molecular formula is C16H16OS. The summed E-state index contributed by atoms with van der Waals surface area (Å²) in [5.41, 5.74) is 2.70.